The van der Waals surface area contributed by atoms with Gasteiger partial charge in [0, 0.05) is 26.2 Å². The fourth-order valence-electron chi connectivity index (χ4n) is 2.31. The van der Waals surface area contributed by atoms with Crippen molar-refractivity contribution in [3.63, 3.8) is 0 Å². The zero-order valence-corrected chi connectivity index (χ0v) is 12.5. The molecule has 0 bridgehead atoms. The zero-order valence-electron chi connectivity index (χ0n) is 10.9. The molecule has 1 aromatic carbocycles. The molecule has 0 unspecified atom stereocenters. The SMILES string of the molecule is COc1ccc(CCCN2CCNCC2)cc1Br. The van der Waals surface area contributed by atoms with Crippen LogP contribution in [0.15, 0.2) is 22.7 Å². The van der Waals surface area contributed by atoms with Crippen LogP contribution in [0.4, 0.5) is 0 Å². The van der Waals surface area contributed by atoms with E-state index in [-0.39, 0.29) is 0 Å². The summed E-state index contributed by atoms with van der Waals surface area (Å²) in [5.41, 5.74) is 1.37. The molecule has 18 heavy (non-hydrogen) atoms. The van der Waals surface area contributed by atoms with E-state index in [0.717, 1.165) is 29.7 Å². The van der Waals surface area contributed by atoms with Crippen LogP contribution in [-0.2, 0) is 6.42 Å². The van der Waals surface area contributed by atoms with E-state index in [9.17, 15) is 0 Å². The summed E-state index contributed by atoms with van der Waals surface area (Å²) in [6.07, 6.45) is 2.35. The number of ether oxygens (including phenoxy) is 1. The third-order valence-electron chi connectivity index (χ3n) is 3.37. The maximum Gasteiger partial charge on any atom is 0.133 e. The lowest BCUT2D eigenvalue weighted by atomic mass is 10.1. The van der Waals surface area contributed by atoms with E-state index in [1.54, 1.807) is 7.11 Å². The number of piperazine rings is 1. The fraction of sp³-hybridized carbons (Fsp3) is 0.571. The molecule has 1 N–H and O–H groups in total. The Morgan fingerprint density at radius 1 is 1.33 bits per heavy atom. The molecule has 3 nitrogen and oxygen atoms in total. The van der Waals surface area contributed by atoms with Gasteiger partial charge in [0.05, 0.1) is 11.6 Å². The Kier molecular flexibility index (Phi) is 5.47. The molecule has 0 aromatic heterocycles. The van der Waals surface area contributed by atoms with Crippen molar-refractivity contribution in [2.24, 2.45) is 0 Å². The van der Waals surface area contributed by atoms with Gasteiger partial charge in [0.25, 0.3) is 0 Å². The molecule has 1 aliphatic rings. The minimum atomic E-state index is 0.904. The number of rotatable bonds is 5. The fourth-order valence-corrected chi connectivity index (χ4v) is 2.90. The molecule has 2 rings (SSSR count). The van der Waals surface area contributed by atoms with Crippen molar-refractivity contribution in [1.29, 1.82) is 0 Å². The predicted molar refractivity (Wildman–Crippen MR) is 78.3 cm³/mol. The molecule has 1 aliphatic heterocycles. The molecular formula is C14H21BrN2O. The number of nitrogens with zero attached hydrogens (tertiary/aromatic N) is 1. The molecule has 0 spiro atoms. The number of halogens is 1. The van der Waals surface area contributed by atoms with Crippen LogP contribution in [0, 0.1) is 0 Å². The van der Waals surface area contributed by atoms with Crippen molar-refractivity contribution in [1.82, 2.24) is 10.2 Å². The number of methoxy groups -OCH3 is 1. The Hall–Kier alpha value is -0.580. The van der Waals surface area contributed by atoms with Gasteiger partial charge in [-0.2, -0.15) is 0 Å². The summed E-state index contributed by atoms with van der Waals surface area (Å²) < 4.78 is 6.28. The van der Waals surface area contributed by atoms with Crippen LogP contribution in [0.25, 0.3) is 0 Å². The molecule has 1 saturated heterocycles. The molecule has 1 heterocycles. The third kappa shape index (κ3) is 3.97. The molecule has 0 amide bonds. The molecule has 100 valence electrons. The first kappa shape index (κ1) is 13.8. The average molecular weight is 313 g/mol. The summed E-state index contributed by atoms with van der Waals surface area (Å²) in [6, 6.07) is 6.35. The number of hydrogen-bond donors (Lipinski definition) is 1. The van der Waals surface area contributed by atoms with Crippen LogP contribution < -0.4 is 10.1 Å². The predicted octanol–water partition coefficient (Wildman–Crippen LogP) is 2.30. The number of aryl methyl sites for hydroxylation is 1. The van der Waals surface area contributed by atoms with E-state index in [0.29, 0.717) is 0 Å². The van der Waals surface area contributed by atoms with Crippen LogP contribution in [-0.4, -0.2) is 44.7 Å². The van der Waals surface area contributed by atoms with Crippen LogP contribution in [0.5, 0.6) is 5.75 Å². The first-order chi connectivity index (χ1) is 8.79. The van der Waals surface area contributed by atoms with E-state index in [4.69, 9.17) is 4.74 Å². The maximum atomic E-state index is 5.24. The Balaban J connectivity index is 1.77. The second-order valence-corrected chi connectivity index (χ2v) is 5.52. The second kappa shape index (κ2) is 7.12. The monoisotopic (exact) mass is 312 g/mol. The molecule has 4 heteroatoms. The van der Waals surface area contributed by atoms with E-state index in [1.165, 1.54) is 31.6 Å². The highest BCUT2D eigenvalue weighted by Gasteiger charge is 2.08. The molecule has 1 aromatic rings. The highest BCUT2D eigenvalue weighted by atomic mass is 79.9. The summed E-state index contributed by atoms with van der Waals surface area (Å²) in [5, 5.41) is 3.38. The van der Waals surface area contributed by atoms with E-state index < -0.39 is 0 Å². The normalized spacial score (nSPS) is 16.8. The van der Waals surface area contributed by atoms with Crippen molar-refractivity contribution in [3.8, 4) is 5.75 Å². The topological polar surface area (TPSA) is 24.5 Å². The first-order valence-electron chi connectivity index (χ1n) is 6.55. The number of hydrogen-bond acceptors (Lipinski definition) is 3. The van der Waals surface area contributed by atoms with E-state index in [2.05, 4.69) is 38.3 Å². The summed E-state index contributed by atoms with van der Waals surface area (Å²) in [5.74, 6) is 0.904. The van der Waals surface area contributed by atoms with Gasteiger partial charge in [0.1, 0.15) is 5.75 Å². The van der Waals surface area contributed by atoms with Crippen LogP contribution >= 0.6 is 15.9 Å². The van der Waals surface area contributed by atoms with Gasteiger partial charge >= 0.3 is 0 Å². The Morgan fingerprint density at radius 3 is 2.78 bits per heavy atom. The Bertz CT molecular complexity index is 378. The molecule has 1 fully saturated rings. The van der Waals surface area contributed by atoms with E-state index in [1.807, 2.05) is 6.07 Å². The van der Waals surface area contributed by atoms with E-state index >= 15 is 0 Å². The lowest BCUT2D eigenvalue weighted by Gasteiger charge is -2.27. The van der Waals surface area contributed by atoms with Crippen molar-refractivity contribution in [2.75, 3.05) is 39.8 Å². The highest BCUT2D eigenvalue weighted by molar-refractivity contribution is 9.10. The third-order valence-corrected chi connectivity index (χ3v) is 3.99. The standard InChI is InChI=1S/C14H21BrN2O/c1-18-14-5-4-12(11-13(14)15)3-2-8-17-9-6-16-7-10-17/h4-5,11,16H,2-3,6-10H2,1H3. The van der Waals surface area contributed by atoms with Gasteiger partial charge in [-0.25, -0.2) is 0 Å². The van der Waals surface area contributed by atoms with Gasteiger partial charge in [0.2, 0.25) is 0 Å². The highest BCUT2D eigenvalue weighted by Crippen LogP contribution is 2.25. The zero-order chi connectivity index (χ0) is 12.8. The minimum absolute atomic E-state index is 0.904. The Labute approximate surface area is 118 Å². The van der Waals surface area contributed by atoms with Gasteiger partial charge in [-0.3, -0.25) is 0 Å². The maximum absolute atomic E-state index is 5.24. The van der Waals surface area contributed by atoms with Crippen LogP contribution in [0.1, 0.15) is 12.0 Å². The molecule has 0 atom stereocenters. The molecule has 0 aliphatic carbocycles. The van der Waals surface area contributed by atoms with Gasteiger partial charge in [0.15, 0.2) is 0 Å². The lowest BCUT2D eigenvalue weighted by Crippen LogP contribution is -2.43. The quantitative estimate of drug-likeness (QED) is 0.903. The largest absolute Gasteiger partial charge is 0.496 e. The van der Waals surface area contributed by atoms with Crippen molar-refractivity contribution >= 4 is 15.9 Å². The lowest BCUT2D eigenvalue weighted by molar-refractivity contribution is 0.238. The summed E-state index contributed by atoms with van der Waals surface area (Å²) >= 11 is 3.53. The summed E-state index contributed by atoms with van der Waals surface area (Å²) in [6.45, 7) is 5.84. The first-order valence-corrected chi connectivity index (χ1v) is 7.34. The average Bonchev–Trinajstić information content (AvgIpc) is 2.40. The van der Waals surface area contributed by atoms with Crippen LogP contribution in [0.2, 0.25) is 0 Å². The summed E-state index contributed by atoms with van der Waals surface area (Å²) in [4.78, 5) is 2.54. The van der Waals surface area contributed by atoms with Crippen LogP contribution in [0.3, 0.4) is 0 Å². The number of benzene rings is 1. The molecule has 0 radical (unpaired) electrons. The van der Waals surface area contributed by atoms with Gasteiger partial charge in [-0.1, -0.05) is 6.07 Å². The van der Waals surface area contributed by atoms with Crippen molar-refractivity contribution in [2.45, 2.75) is 12.8 Å². The number of nitrogens with one attached hydrogen (secondary N) is 1. The van der Waals surface area contributed by atoms with Crippen molar-refractivity contribution < 1.29 is 4.74 Å². The Morgan fingerprint density at radius 2 is 2.11 bits per heavy atom. The summed E-state index contributed by atoms with van der Waals surface area (Å²) in [7, 11) is 1.70. The second-order valence-electron chi connectivity index (χ2n) is 4.66. The molecular weight excluding hydrogens is 292 g/mol. The van der Waals surface area contributed by atoms with Gasteiger partial charge < -0.3 is 15.0 Å². The van der Waals surface area contributed by atoms with Gasteiger partial charge in [-0.05, 0) is 53.0 Å². The smallest absolute Gasteiger partial charge is 0.133 e. The van der Waals surface area contributed by atoms with Crippen molar-refractivity contribution in [3.05, 3.63) is 28.2 Å². The molecule has 0 saturated carbocycles. The minimum Gasteiger partial charge on any atom is -0.496 e. The van der Waals surface area contributed by atoms with Gasteiger partial charge in [-0.15, -0.1) is 0 Å².